The third-order valence-corrected chi connectivity index (χ3v) is 1.58. The van der Waals surface area contributed by atoms with E-state index in [0.29, 0.717) is 12.1 Å². The molecule has 0 aromatic heterocycles. The maximum absolute atomic E-state index is 12.2. The van der Waals surface area contributed by atoms with Gasteiger partial charge in [-0.1, -0.05) is 0 Å². The van der Waals surface area contributed by atoms with E-state index in [4.69, 9.17) is 0 Å². The molecular formula is C9H5F3O2. The summed E-state index contributed by atoms with van der Waals surface area (Å²) >= 11 is 0. The molecule has 1 rings (SSSR count). The SMILES string of the molecule is O=Cc1cc(C=O)cc(C(F)(F)F)c1. The van der Waals surface area contributed by atoms with Crippen LogP contribution in [0.4, 0.5) is 13.2 Å². The highest BCUT2D eigenvalue weighted by atomic mass is 19.4. The largest absolute Gasteiger partial charge is 0.416 e. The van der Waals surface area contributed by atoms with Gasteiger partial charge in [-0.3, -0.25) is 9.59 Å². The third kappa shape index (κ3) is 2.18. The minimum Gasteiger partial charge on any atom is -0.298 e. The second-order valence-corrected chi connectivity index (χ2v) is 2.62. The summed E-state index contributed by atoms with van der Waals surface area (Å²) in [6, 6.07) is 2.48. The van der Waals surface area contributed by atoms with Gasteiger partial charge in [0.2, 0.25) is 0 Å². The molecular weight excluding hydrogens is 197 g/mol. The summed E-state index contributed by atoms with van der Waals surface area (Å²) in [6.45, 7) is 0. The van der Waals surface area contributed by atoms with Crippen LogP contribution in [-0.4, -0.2) is 12.6 Å². The highest BCUT2D eigenvalue weighted by Gasteiger charge is 2.31. The second kappa shape index (κ2) is 3.61. The van der Waals surface area contributed by atoms with Crippen LogP contribution < -0.4 is 0 Å². The summed E-state index contributed by atoms with van der Waals surface area (Å²) in [5, 5.41) is 0. The molecule has 0 aliphatic rings. The molecule has 0 unspecified atom stereocenters. The van der Waals surface area contributed by atoms with Crippen molar-refractivity contribution < 1.29 is 22.8 Å². The fourth-order valence-electron chi connectivity index (χ4n) is 0.976. The topological polar surface area (TPSA) is 34.1 Å². The van der Waals surface area contributed by atoms with Gasteiger partial charge in [0, 0.05) is 11.1 Å². The van der Waals surface area contributed by atoms with E-state index in [2.05, 4.69) is 0 Å². The van der Waals surface area contributed by atoms with Gasteiger partial charge in [0.25, 0.3) is 0 Å². The molecule has 0 saturated carbocycles. The van der Waals surface area contributed by atoms with E-state index in [-0.39, 0.29) is 23.7 Å². The first-order valence-corrected chi connectivity index (χ1v) is 3.60. The standard InChI is InChI=1S/C9H5F3O2/c10-9(11,12)8-2-6(4-13)1-7(3-8)5-14/h1-5H. The molecule has 0 N–H and O–H groups in total. The zero-order valence-electron chi connectivity index (χ0n) is 6.84. The number of aldehydes is 2. The molecule has 2 nitrogen and oxygen atoms in total. The molecule has 5 heteroatoms. The molecule has 0 heterocycles. The highest BCUT2D eigenvalue weighted by molar-refractivity contribution is 5.82. The van der Waals surface area contributed by atoms with Gasteiger partial charge in [-0.15, -0.1) is 0 Å². The summed E-state index contributed by atoms with van der Waals surface area (Å²) in [4.78, 5) is 20.5. The molecule has 1 aromatic carbocycles. The van der Waals surface area contributed by atoms with Crippen LogP contribution in [0, 0.1) is 0 Å². The first kappa shape index (κ1) is 10.4. The number of rotatable bonds is 2. The average molecular weight is 202 g/mol. The second-order valence-electron chi connectivity index (χ2n) is 2.62. The zero-order chi connectivity index (χ0) is 10.8. The molecule has 0 atom stereocenters. The summed E-state index contributed by atoms with van der Waals surface area (Å²) in [5.74, 6) is 0. The van der Waals surface area contributed by atoms with Gasteiger partial charge >= 0.3 is 6.18 Å². The van der Waals surface area contributed by atoms with Crippen LogP contribution in [0.2, 0.25) is 0 Å². The lowest BCUT2D eigenvalue weighted by Gasteiger charge is -2.07. The van der Waals surface area contributed by atoms with E-state index in [9.17, 15) is 22.8 Å². The molecule has 0 fully saturated rings. The van der Waals surface area contributed by atoms with Crippen molar-refractivity contribution in [1.82, 2.24) is 0 Å². The van der Waals surface area contributed by atoms with Crippen LogP contribution in [0.1, 0.15) is 26.3 Å². The van der Waals surface area contributed by atoms with Crippen LogP contribution in [0.5, 0.6) is 0 Å². The molecule has 0 bridgehead atoms. The van der Waals surface area contributed by atoms with Crippen LogP contribution >= 0.6 is 0 Å². The minimum atomic E-state index is -4.54. The number of hydrogen-bond donors (Lipinski definition) is 0. The Hall–Kier alpha value is -1.65. The van der Waals surface area contributed by atoms with Crippen molar-refractivity contribution >= 4 is 12.6 Å². The van der Waals surface area contributed by atoms with Crippen LogP contribution in [0.15, 0.2) is 18.2 Å². The quantitative estimate of drug-likeness (QED) is 0.689. The molecule has 0 aliphatic carbocycles. The first-order chi connectivity index (χ1) is 6.47. The van der Waals surface area contributed by atoms with E-state index in [0.717, 1.165) is 6.07 Å². The summed E-state index contributed by atoms with van der Waals surface area (Å²) in [7, 11) is 0. The molecule has 0 aliphatic heterocycles. The Morgan fingerprint density at radius 2 is 1.36 bits per heavy atom. The summed E-state index contributed by atoms with van der Waals surface area (Å²) in [5.41, 5.74) is -1.33. The molecule has 0 spiro atoms. The zero-order valence-corrected chi connectivity index (χ0v) is 6.84. The molecule has 0 amide bonds. The van der Waals surface area contributed by atoms with Gasteiger partial charge in [-0.25, -0.2) is 0 Å². The van der Waals surface area contributed by atoms with Crippen molar-refractivity contribution in [3.05, 3.63) is 34.9 Å². The van der Waals surface area contributed by atoms with Crippen LogP contribution in [0.25, 0.3) is 0 Å². The maximum atomic E-state index is 12.2. The van der Waals surface area contributed by atoms with Crippen molar-refractivity contribution in [3.63, 3.8) is 0 Å². The van der Waals surface area contributed by atoms with E-state index >= 15 is 0 Å². The highest BCUT2D eigenvalue weighted by Crippen LogP contribution is 2.30. The molecule has 0 radical (unpaired) electrons. The number of benzene rings is 1. The number of hydrogen-bond acceptors (Lipinski definition) is 2. The number of alkyl halides is 3. The predicted octanol–water partition coefficient (Wildman–Crippen LogP) is 2.33. The average Bonchev–Trinajstić information content (AvgIpc) is 2.15. The Morgan fingerprint density at radius 1 is 0.929 bits per heavy atom. The lowest BCUT2D eigenvalue weighted by Crippen LogP contribution is -2.06. The Labute approximate surface area is 77.3 Å². The van der Waals surface area contributed by atoms with Gasteiger partial charge in [-0.2, -0.15) is 13.2 Å². The lowest BCUT2D eigenvalue weighted by atomic mass is 10.1. The summed E-state index contributed by atoms with van der Waals surface area (Å²) < 4.78 is 36.6. The number of carbonyl (C=O) groups is 2. The van der Waals surface area contributed by atoms with Gasteiger partial charge < -0.3 is 0 Å². The van der Waals surface area contributed by atoms with Crippen LogP contribution in [0.3, 0.4) is 0 Å². The lowest BCUT2D eigenvalue weighted by molar-refractivity contribution is -0.137. The normalized spacial score (nSPS) is 11.1. The molecule has 0 saturated heterocycles. The summed E-state index contributed by atoms with van der Waals surface area (Å²) in [6.07, 6.45) is -4.01. The Balaban J connectivity index is 3.31. The first-order valence-electron chi connectivity index (χ1n) is 3.60. The Morgan fingerprint density at radius 3 is 1.64 bits per heavy atom. The van der Waals surface area contributed by atoms with Crippen molar-refractivity contribution in [3.8, 4) is 0 Å². The van der Waals surface area contributed by atoms with Crippen molar-refractivity contribution in [2.45, 2.75) is 6.18 Å². The van der Waals surface area contributed by atoms with E-state index in [1.807, 2.05) is 0 Å². The molecule has 1 aromatic rings. The van der Waals surface area contributed by atoms with Gasteiger partial charge in [0.05, 0.1) is 5.56 Å². The van der Waals surface area contributed by atoms with E-state index < -0.39 is 11.7 Å². The fourth-order valence-corrected chi connectivity index (χ4v) is 0.976. The Bertz CT molecular complexity index is 343. The number of carbonyl (C=O) groups excluding carboxylic acids is 2. The van der Waals surface area contributed by atoms with E-state index in [1.165, 1.54) is 0 Å². The molecule has 14 heavy (non-hydrogen) atoms. The van der Waals surface area contributed by atoms with Crippen LogP contribution in [-0.2, 0) is 6.18 Å². The predicted molar refractivity (Wildman–Crippen MR) is 42.2 cm³/mol. The Kier molecular flexibility index (Phi) is 2.69. The fraction of sp³-hybridized carbons (Fsp3) is 0.111. The smallest absolute Gasteiger partial charge is 0.298 e. The van der Waals surface area contributed by atoms with Gasteiger partial charge in [0.1, 0.15) is 12.6 Å². The van der Waals surface area contributed by atoms with E-state index in [1.54, 1.807) is 0 Å². The minimum absolute atomic E-state index is 0.165. The van der Waals surface area contributed by atoms with Gasteiger partial charge in [-0.05, 0) is 18.2 Å². The van der Waals surface area contributed by atoms with Gasteiger partial charge in [0.15, 0.2) is 0 Å². The maximum Gasteiger partial charge on any atom is 0.416 e. The van der Waals surface area contributed by atoms with Crippen molar-refractivity contribution in [2.75, 3.05) is 0 Å². The van der Waals surface area contributed by atoms with Crippen molar-refractivity contribution in [1.29, 1.82) is 0 Å². The molecule has 74 valence electrons. The monoisotopic (exact) mass is 202 g/mol. The third-order valence-electron chi connectivity index (χ3n) is 1.58. The number of halogens is 3. The van der Waals surface area contributed by atoms with Crippen molar-refractivity contribution in [2.24, 2.45) is 0 Å².